The van der Waals surface area contributed by atoms with Gasteiger partial charge in [-0.05, 0) is 74.3 Å². The fourth-order valence-corrected chi connectivity index (χ4v) is 9.19. The summed E-state index contributed by atoms with van der Waals surface area (Å²) in [4.78, 5) is 0. The minimum atomic E-state index is 0. The number of fused-ring (bicyclic) bond motifs is 2. The summed E-state index contributed by atoms with van der Waals surface area (Å²) in [5, 5.41) is 5.63. The number of hydrogen-bond donors (Lipinski definition) is 0. The molecule has 8 rings (SSSR count). The van der Waals surface area contributed by atoms with Crippen LogP contribution in [0.1, 0.15) is 100 Å². The summed E-state index contributed by atoms with van der Waals surface area (Å²) in [5.41, 5.74) is 12.2. The predicted molar refractivity (Wildman–Crippen MR) is 242 cm³/mol. The third-order valence-electron chi connectivity index (χ3n) is 12.3. The van der Waals surface area contributed by atoms with Crippen LogP contribution in [-0.4, -0.2) is 6.88 Å². The number of benzene rings is 4. The molecule has 2 radical (unpaired) electrons. The Morgan fingerprint density at radius 2 is 0.870 bits per heavy atom. The van der Waals surface area contributed by atoms with Crippen LogP contribution in [0.15, 0.2) is 109 Å². The van der Waals surface area contributed by atoms with Gasteiger partial charge >= 0.3 is 30.2 Å². The monoisotopic (exact) mass is 850 g/mol. The molecule has 2 aliphatic carbocycles. The Balaban J connectivity index is 0.000000334. The molecule has 0 atom stereocenters. The van der Waals surface area contributed by atoms with Gasteiger partial charge in [0.2, 0.25) is 0 Å². The van der Waals surface area contributed by atoms with Crippen molar-refractivity contribution in [3.63, 3.8) is 0 Å². The van der Waals surface area contributed by atoms with E-state index in [1.54, 1.807) is 0 Å². The van der Waals surface area contributed by atoms with Gasteiger partial charge in [0.25, 0.3) is 0 Å². The first-order chi connectivity index (χ1) is 24.4. The van der Waals surface area contributed by atoms with Crippen molar-refractivity contribution in [2.45, 2.75) is 105 Å². The molecule has 0 bridgehead atoms. The molecule has 2 aliphatic rings. The van der Waals surface area contributed by atoms with E-state index in [9.17, 15) is 0 Å². The molecule has 2 saturated carbocycles. The Morgan fingerprint density at radius 3 is 1.19 bits per heavy atom. The van der Waals surface area contributed by atoms with Crippen LogP contribution < -0.4 is 0 Å². The molecule has 2 fully saturated rings. The van der Waals surface area contributed by atoms with Gasteiger partial charge in [-0.1, -0.05) is 135 Å². The number of halogens is 2. The van der Waals surface area contributed by atoms with Gasteiger partial charge in [-0.2, -0.15) is 12.1 Å². The molecule has 6 aromatic rings. The van der Waals surface area contributed by atoms with Crippen LogP contribution in [0, 0.1) is 39.5 Å². The average Bonchev–Trinajstić information content (AvgIpc) is 3.97. The van der Waals surface area contributed by atoms with E-state index in [-0.39, 0.29) is 39.7 Å². The summed E-state index contributed by atoms with van der Waals surface area (Å²) in [6, 6.07) is 41.1. The normalized spacial score (nSPS) is 14.9. The van der Waals surface area contributed by atoms with Crippen LogP contribution in [0.3, 0.4) is 0 Å². The molecule has 288 valence electrons. The summed E-state index contributed by atoms with van der Waals surface area (Å²) in [5.74, 6) is 0. The molecule has 0 saturated heterocycles. The molecule has 54 heavy (non-hydrogen) atoms. The summed E-state index contributed by atoms with van der Waals surface area (Å²) >= 11 is 1.36. The molecular formula is C50H62Cl2SiZr-4. The third kappa shape index (κ3) is 11.0. The van der Waals surface area contributed by atoms with Crippen LogP contribution in [0.2, 0.25) is 0 Å². The van der Waals surface area contributed by atoms with E-state index in [1.165, 1.54) is 166 Å². The van der Waals surface area contributed by atoms with E-state index >= 15 is 0 Å². The van der Waals surface area contributed by atoms with Crippen molar-refractivity contribution in [1.82, 2.24) is 0 Å². The van der Waals surface area contributed by atoms with E-state index < -0.39 is 0 Å². The Bertz CT molecular complexity index is 1840. The molecule has 0 aliphatic heterocycles. The van der Waals surface area contributed by atoms with Crippen LogP contribution in [0.25, 0.3) is 43.8 Å². The number of rotatable bonds is 8. The molecule has 0 unspecified atom stereocenters. The fraction of sp³-hybridized carbons (Fsp3) is 0.360. The van der Waals surface area contributed by atoms with Crippen molar-refractivity contribution in [2.75, 3.05) is 0 Å². The standard InChI is InChI=1S/2C24H27.2CH3.2ClH.Si.Zr/c2*1-3-24(13-4-5-14-24)17-19-15-21-7-6-8-22(23(21)16-19)20-11-9-18(2)10-12-20;;;;;;/h2*6-12,15-16H,3-5,13-14,17H2,1-2H3;2*1H3;2*1H;;/q4*-1;;;;. The summed E-state index contributed by atoms with van der Waals surface area (Å²) < 4.78 is 0. The van der Waals surface area contributed by atoms with E-state index in [4.69, 9.17) is 0 Å². The molecule has 6 aromatic carbocycles. The fourth-order valence-electron chi connectivity index (χ4n) is 9.19. The Morgan fingerprint density at radius 1 is 0.537 bits per heavy atom. The van der Waals surface area contributed by atoms with Crippen LogP contribution in [0.5, 0.6) is 0 Å². The number of aryl methyl sites for hydroxylation is 2. The maximum absolute atomic E-state index is 3.06. The zero-order valence-corrected chi connectivity index (χ0v) is 38.8. The second-order valence-electron chi connectivity index (χ2n) is 15.6. The van der Waals surface area contributed by atoms with Crippen LogP contribution in [0.4, 0.5) is 0 Å². The van der Waals surface area contributed by atoms with E-state index in [0.717, 1.165) is 0 Å². The van der Waals surface area contributed by atoms with Gasteiger partial charge in [0.05, 0.1) is 0 Å². The quantitative estimate of drug-likeness (QED) is 0.106. The Labute approximate surface area is 358 Å². The summed E-state index contributed by atoms with van der Waals surface area (Å²) in [6.07, 6.45) is 16.5. The topological polar surface area (TPSA) is 0 Å². The summed E-state index contributed by atoms with van der Waals surface area (Å²) in [7, 11) is 0. The average molecular weight is 853 g/mol. The van der Waals surface area contributed by atoms with Gasteiger partial charge in [-0.25, -0.2) is 0 Å². The van der Waals surface area contributed by atoms with Crippen LogP contribution in [-0.2, 0) is 36.2 Å². The molecule has 0 N–H and O–H groups in total. The van der Waals surface area contributed by atoms with Gasteiger partial charge in [0.1, 0.15) is 0 Å². The predicted octanol–water partition coefficient (Wildman–Crippen LogP) is 15.5. The van der Waals surface area contributed by atoms with E-state index in [0.29, 0.717) is 10.8 Å². The van der Waals surface area contributed by atoms with Gasteiger partial charge in [0, 0.05) is 0 Å². The van der Waals surface area contributed by atoms with Crippen molar-refractivity contribution >= 4 is 53.2 Å². The van der Waals surface area contributed by atoms with Gasteiger partial charge < -0.3 is 14.9 Å². The second kappa shape index (κ2) is 21.9. The first-order valence-corrected chi connectivity index (χ1v) is 23.3. The molecule has 4 heteroatoms. The van der Waals surface area contributed by atoms with Crippen molar-refractivity contribution in [3.8, 4) is 22.3 Å². The zero-order valence-electron chi connectivity index (χ0n) is 33.7. The third-order valence-corrected chi connectivity index (χ3v) is 12.3. The first kappa shape index (κ1) is 47.9. The SMILES string of the molecule is CCC1(Cc2cc3c(-c4ccc(C)cc4)cccc3[cH-]2)CCCC1.CCC1(Cc2cc3c(-c4ccc(C)cc4)cccc3[cH-]2)CCCC1.Cl.Cl.[CH3-].[CH3-].[Si]=[Zr]. The van der Waals surface area contributed by atoms with Crippen molar-refractivity contribution in [2.24, 2.45) is 10.8 Å². The van der Waals surface area contributed by atoms with E-state index in [2.05, 4.69) is 144 Å². The van der Waals surface area contributed by atoms with E-state index in [1.807, 2.05) is 0 Å². The van der Waals surface area contributed by atoms with Crippen molar-refractivity contribution < 1.29 is 23.3 Å². The van der Waals surface area contributed by atoms with Crippen molar-refractivity contribution in [3.05, 3.63) is 146 Å². The second-order valence-corrected chi connectivity index (χ2v) is 15.6. The first-order valence-electron chi connectivity index (χ1n) is 19.1. The summed E-state index contributed by atoms with van der Waals surface area (Å²) in [6.45, 7) is 12.1. The van der Waals surface area contributed by atoms with Gasteiger partial charge in [-0.15, -0.1) is 93.9 Å². The molecule has 0 nitrogen and oxygen atoms in total. The van der Waals surface area contributed by atoms with Gasteiger partial charge in [0.15, 0.2) is 0 Å². The Hall–Kier alpha value is -2.22. The molecule has 0 heterocycles. The molecule has 0 amide bonds. The zero-order chi connectivity index (χ0) is 35.1. The maximum atomic E-state index is 3.06. The van der Waals surface area contributed by atoms with Crippen LogP contribution >= 0.6 is 24.8 Å². The minimum absolute atomic E-state index is 0. The molecular weight excluding hydrogens is 791 g/mol. The van der Waals surface area contributed by atoms with Gasteiger partial charge in [-0.3, -0.25) is 0 Å². The molecule has 0 spiro atoms. The van der Waals surface area contributed by atoms with Crippen molar-refractivity contribution in [1.29, 1.82) is 0 Å². The number of hydrogen-bond acceptors (Lipinski definition) is 0. The molecule has 0 aromatic heterocycles. The Kier molecular flexibility index (Phi) is 19.4.